The zero-order valence-corrected chi connectivity index (χ0v) is 15.4. The van der Waals surface area contributed by atoms with Crippen molar-refractivity contribution >= 4 is 29.3 Å². The van der Waals surface area contributed by atoms with Gasteiger partial charge in [-0.15, -0.1) is 10.2 Å². The van der Waals surface area contributed by atoms with Crippen LogP contribution in [0.3, 0.4) is 0 Å². The number of benzene rings is 1. The van der Waals surface area contributed by atoms with Crippen LogP contribution in [0.15, 0.2) is 29.4 Å². The average Bonchev–Trinajstić information content (AvgIpc) is 3.01. The molecule has 0 bridgehead atoms. The smallest absolute Gasteiger partial charge is 0.237 e. The Bertz CT molecular complexity index is 842. The molecule has 1 aromatic carbocycles. The summed E-state index contributed by atoms with van der Waals surface area (Å²) in [5.41, 5.74) is 6.06. The van der Waals surface area contributed by atoms with Crippen molar-refractivity contribution in [2.75, 3.05) is 5.32 Å². The summed E-state index contributed by atoms with van der Waals surface area (Å²) in [7, 11) is 0. The number of nitrogens with zero attached hydrogens (tertiary/aromatic N) is 4. The summed E-state index contributed by atoms with van der Waals surface area (Å²) in [5, 5.41) is 20.2. The number of aryl methyl sites for hydroxylation is 1. The maximum atomic E-state index is 12.4. The van der Waals surface area contributed by atoms with Crippen molar-refractivity contribution < 1.29 is 9.59 Å². The molecule has 0 saturated carbocycles. The topological polar surface area (TPSA) is 127 Å². The predicted octanol–water partition coefficient (Wildman–Crippen LogP) is 1.71. The van der Waals surface area contributed by atoms with Crippen LogP contribution in [0.4, 0.5) is 5.69 Å². The molecule has 0 aliphatic carbocycles. The number of primary amides is 1. The van der Waals surface area contributed by atoms with E-state index in [0.29, 0.717) is 35.2 Å². The number of thioether (sulfide) groups is 1. The van der Waals surface area contributed by atoms with Crippen molar-refractivity contribution in [3.63, 3.8) is 0 Å². The molecular weight excluding hydrogens is 352 g/mol. The van der Waals surface area contributed by atoms with Crippen LogP contribution in [0.2, 0.25) is 0 Å². The van der Waals surface area contributed by atoms with Crippen LogP contribution in [0.1, 0.15) is 31.7 Å². The van der Waals surface area contributed by atoms with E-state index < -0.39 is 11.2 Å². The van der Waals surface area contributed by atoms with Crippen molar-refractivity contribution in [1.82, 2.24) is 14.8 Å². The first-order valence-corrected chi connectivity index (χ1v) is 9.01. The molecule has 26 heavy (non-hydrogen) atoms. The molecular formula is C17H20N6O2S. The van der Waals surface area contributed by atoms with Gasteiger partial charge in [0.1, 0.15) is 11.9 Å². The standard InChI is InChI=1S/C17H20N6O2S/c1-3-23-15(9-8-14(19)24)21-22-17(23)26-11(2)16(25)20-13-7-5-4-6-12(13)10-18/h4-7,11H,3,8-9H2,1-2H3,(H2,19,24)(H,20,25)/t11-/m1/s1. The number of aromatic nitrogens is 3. The predicted molar refractivity (Wildman–Crippen MR) is 98.3 cm³/mol. The van der Waals surface area contributed by atoms with Gasteiger partial charge in [0.25, 0.3) is 0 Å². The Morgan fingerprint density at radius 3 is 2.77 bits per heavy atom. The lowest BCUT2D eigenvalue weighted by Crippen LogP contribution is -2.23. The number of rotatable bonds is 8. The van der Waals surface area contributed by atoms with Gasteiger partial charge in [-0.05, 0) is 26.0 Å². The molecule has 0 saturated heterocycles. The van der Waals surface area contributed by atoms with Crippen molar-refractivity contribution in [2.24, 2.45) is 5.73 Å². The molecule has 136 valence electrons. The van der Waals surface area contributed by atoms with Crippen molar-refractivity contribution in [1.29, 1.82) is 5.26 Å². The summed E-state index contributed by atoms with van der Waals surface area (Å²) in [6, 6.07) is 8.88. The summed E-state index contributed by atoms with van der Waals surface area (Å²) < 4.78 is 1.86. The molecule has 0 unspecified atom stereocenters. The van der Waals surface area contributed by atoms with Crippen LogP contribution in [-0.2, 0) is 22.6 Å². The first-order chi connectivity index (χ1) is 12.5. The number of hydrogen-bond acceptors (Lipinski definition) is 6. The number of amides is 2. The van der Waals surface area contributed by atoms with Crippen LogP contribution in [0.5, 0.6) is 0 Å². The molecule has 0 spiro atoms. The van der Waals surface area contributed by atoms with Gasteiger partial charge in [0.15, 0.2) is 5.16 Å². The van der Waals surface area contributed by atoms with Gasteiger partial charge in [-0.3, -0.25) is 9.59 Å². The van der Waals surface area contributed by atoms with E-state index in [1.807, 2.05) is 17.6 Å². The zero-order chi connectivity index (χ0) is 19.1. The minimum absolute atomic E-state index is 0.198. The number of carbonyl (C=O) groups is 2. The molecule has 8 nitrogen and oxygen atoms in total. The van der Waals surface area contributed by atoms with Crippen molar-refractivity contribution in [3.05, 3.63) is 35.7 Å². The van der Waals surface area contributed by atoms with Gasteiger partial charge in [0, 0.05) is 19.4 Å². The number of hydrogen-bond donors (Lipinski definition) is 2. The third kappa shape index (κ3) is 4.83. The zero-order valence-electron chi connectivity index (χ0n) is 14.6. The highest BCUT2D eigenvalue weighted by molar-refractivity contribution is 8.00. The van der Waals surface area contributed by atoms with E-state index in [9.17, 15) is 9.59 Å². The normalized spacial score (nSPS) is 11.6. The summed E-state index contributed by atoms with van der Waals surface area (Å²) in [6.07, 6.45) is 0.608. The lowest BCUT2D eigenvalue weighted by molar-refractivity contribution is -0.118. The van der Waals surface area contributed by atoms with Gasteiger partial charge in [-0.2, -0.15) is 5.26 Å². The highest BCUT2D eigenvalue weighted by Gasteiger charge is 2.20. The number of nitrogens with two attached hydrogens (primary N) is 1. The van der Waals surface area contributed by atoms with E-state index >= 15 is 0 Å². The molecule has 2 rings (SSSR count). The van der Waals surface area contributed by atoms with Gasteiger partial charge < -0.3 is 15.6 Å². The summed E-state index contributed by atoms with van der Waals surface area (Å²) in [6.45, 7) is 4.32. The monoisotopic (exact) mass is 372 g/mol. The Morgan fingerprint density at radius 1 is 1.38 bits per heavy atom. The second-order valence-corrected chi connectivity index (χ2v) is 6.82. The third-order valence-corrected chi connectivity index (χ3v) is 4.74. The molecule has 2 amide bonds. The van der Waals surface area contributed by atoms with Crippen LogP contribution in [-0.4, -0.2) is 31.8 Å². The Morgan fingerprint density at radius 2 is 2.12 bits per heavy atom. The molecule has 2 aromatic rings. The molecule has 9 heteroatoms. The van der Waals surface area contributed by atoms with Gasteiger partial charge in [0.2, 0.25) is 11.8 Å². The largest absolute Gasteiger partial charge is 0.370 e. The Balaban J connectivity index is 2.07. The lowest BCUT2D eigenvalue weighted by atomic mass is 10.2. The fourth-order valence-corrected chi connectivity index (χ4v) is 3.21. The fourth-order valence-electron chi connectivity index (χ4n) is 2.28. The Hall–Kier alpha value is -2.86. The van der Waals surface area contributed by atoms with Crippen LogP contribution < -0.4 is 11.1 Å². The second kappa shape index (κ2) is 9.01. The van der Waals surface area contributed by atoms with E-state index in [0.717, 1.165) is 0 Å². The SMILES string of the molecule is CCn1c(CCC(N)=O)nnc1S[C@H](C)C(=O)Nc1ccccc1C#N. The van der Waals surface area contributed by atoms with E-state index in [1.54, 1.807) is 31.2 Å². The van der Waals surface area contributed by atoms with E-state index in [4.69, 9.17) is 11.0 Å². The highest BCUT2D eigenvalue weighted by atomic mass is 32.2. The second-order valence-electron chi connectivity index (χ2n) is 5.52. The van der Waals surface area contributed by atoms with Gasteiger partial charge in [0.05, 0.1) is 16.5 Å². The first-order valence-electron chi connectivity index (χ1n) is 8.13. The molecule has 0 radical (unpaired) electrons. The average molecular weight is 372 g/mol. The van der Waals surface area contributed by atoms with Crippen molar-refractivity contribution in [2.45, 2.75) is 43.6 Å². The minimum atomic E-state index is -0.444. The fraction of sp³-hybridized carbons (Fsp3) is 0.353. The van der Waals surface area contributed by atoms with Gasteiger partial charge >= 0.3 is 0 Å². The van der Waals surface area contributed by atoms with E-state index in [-0.39, 0.29) is 12.3 Å². The lowest BCUT2D eigenvalue weighted by Gasteiger charge is -2.13. The van der Waals surface area contributed by atoms with Gasteiger partial charge in [-0.1, -0.05) is 23.9 Å². The molecule has 0 aliphatic heterocycles. The van der Waals surface area contributed by atoms with Crippen LogP contribution in [0.25, 0.3) is 0 Å². The van der Waals surface area contributed by atoms with E-state index in [1.165, 1.54) is 11.8 Å². The quantitative estimate of drug-likeness (QED) is 0.679. The summed E-state index contributed by atoms with van der Waals surface area (Å²) in [4.78, 5) is 23.4. The molecule has 1 heterocycles. The Labute approximate surface area is 155 Å². The minimum Gasteiger partial charge on any atom is -0.370 e. The highest BCUT2D eigenvalue weighted by Crippen LogP contribution is 2.24. The van der Waals surface area contributed by atoms with Crippen LogP contribution in [0, 0.1) is 11.3 Å². The number of anilines is 1. The van der Waals surface area contributed by atoms with E-state index in [2.05, 4.69) is 15.5 Å². The number of para-hydroxylation sites is 1. The summed E-state index contributed by atoms with van der Waals surface area (Å²) in [5.74, 6) is 0.0343. The summed E-state index contributed by atoms with van der Waals surface area (Å²) >= 11 is 1.27. The number of carbonyl (C=O) groups excluding carboxylic acids is 2. The molecule has 0 fully saturated rings. The maximum absolute atomic E-state index is 12.4. The molecule has 0 aliphatic rings. The maximum Gasteiger partial charge on any atom is 0.237 e. The first kappa shape index (κ1) is 19.5. The number of nitrogens with one attached hydrogen (secondary N) is 1. The van der Waals surface area contributed by atoms with Gasteiger partial charge in [-0.25, -0.2) is 0 Å². The third-order valence-electron chi connectivity index (χ3n) is 3.66. The van der Waals surface area contributed by atoms with Crippen molar-refractivity contribution in [3.8, 4) is 6.07 Å². The van der Waals surface area contributed by atoms with Crippen LogP contribution >= 0.6 is 11.8 Å². The molecule has 1 atom stereocenters. The molecule has 1 aromatic heterocycles. The molecule has 3 N–H and O–H groups in total. The number of nitriles is 1. The Kier molecular flexibility index (Phi) is 6.74.